The second-order valence-corrected chi connectivity index (χ2v) is 7.85. The smallest absolute Gasteiger partial charge is 0.262 e. The number of benzene rings is 2. The maximum absolute atomic E-state index is 12.9. The number of methoxy groups -OCH3 is 1. The molecule has 1 amide bonds. The quantitative estimate of drug-likeness (QED) is 0.323. The summed E-state index contributed by atoms with van der Waals surface area (Å²) in [4.78, 5) is 41.1. The van der Waals surface area contributed by atoms with Gasteiger partial charge in [-0.1, -0.05) is 23.4 Å². The number of aromatic nitrogens is 2. The average molecular weight is 446 g/mol. The molecule has 0 aliphatic carbocycles. The number of hydrogen-bond donors (Lipinski definition) is 1. The maximum Gasteiger partial charge on any atom is 0.262 e. The first-order valence-corrected chi connectivity index (χ1v) is 10.5. The lowest BCUT2D eigenvalue weighted by atomic mass is 10.1. The summed E-state index contributed by atoms with van der Waals surface area (Å²) < 4.78 is 6.60. The van der Waals surface area contributed by atoms with Crippen LogP contribution in [0, 0.1) is 0 Å². The minimum atomic E-state index is -0.255. The van der Waals surface area contributed by atoms with Crippen LogP contribution in [-0.2, 0) is 16.1 Å². The number of amides is 1. The largest absolute Gasteiger partial charge is 0.383 e. The van der Waals surface area contributed by atoms with Gasteiger partial charge in [0.15, 0.2) is 10.9 Å². The van der Waals surface area contributed by atoms with Crippen molar-refractivity contribution in [1.82, 2.24) is 9.55 Å². The van der Waals surface area contributed by atoms with Crippen molar-refractivity contribution in [3.05, 3.63) is 63.4 Å². The van der Waals surface area contributed by atoms with Crippen LogP contribution >= 0.6 is 23.4 Å². The van der Waals surface area contributed by atoms with E-state index in [2.05, 4.69) is 10.3 Å². The van der Waals surface area contributed by atoms with Crippen molar-refractivity contribution >= 4 is 51.6 Å². The van der Waals surface area contributed by atoms with Gasteiger partial charge in [0, 0.05) is 23.4 Å². The van der Waals surface area contributed by atoms with E-state index in [9.17, 15) is 14.4 Å². The molecule has 0 fully saturated rings. The molecule has 3 rings (SSSR count). The van der Waals surface area contributed by atoms with Crippen molar-refractivity contribution in [2.75, 3.05) is 24.8 Å². The highest BCUT2D eigenvalue weighted by Crippen LogP contribution is 2.21. The molecule has 0 spiro atoms. The number of nitrogens with one attached hydrogen (secondary N) is 1. The van der Waals surface area contributed by atoms with E-state index in [1.807, 2.05) is 0 Å². The fourth-order valence-corrected chi connectivity index (χ4v) is 3.77. The third-order valence-electron chi connectivity index (χ3n) is 4.31. The van der Waals surface area contributed by atoms with E-state index in [4.69, 9.17) is 16.3 Å². The number of fused-ring (bicyclic) bond motifs is 1. The number of carbonyl (C=O) groups is 2. The molecule has 0 saturated heterocycles. The maximum atomic E-state index is 12.9. The Morgan fingerprint density at radius 3 is 2.60 bits per heavy atom. The third-order valence-corrected chi connectivity index (χ3v) is 5.52. The SMILES string of the molecule is COCCn1c(SCC(=O)Nc2ccc(C(C)=O)cc2)nc2cc(Cl)ccc2c1=O. The predicted octanol–water partition coefficient (Wildman–Crippen LogP) is 3.63. The standard InChI is InChI=1S/C21H20ClN3O4S/c1-13(26)14-3-6-16(7-4-14)23-19(27)12-30-21-24-18-11-15(22)5-8-17(18)20(28)25(21)9-10-29-2/h3-8,11H,9-10,12H2,1-2H3,(H,23,27). The van der Waals surface area contributed by atoms with Crippen molar-refractivity contribution in [2.24, 2.45) is 0 Å². The van der Waals surface area contributed by atoms with Gasteiger partial charge in [-0.25, -0.2) is 4.98 Å². The molecule has 1 aromatic heterocycles. The van der Waals surface area contributed by atoms with E-state index >= 15 is 0 Å². The number of Topliss-reactive ketones (excluding diaryl/α,β-unsaturated/α-hetero) is 1. The van der Waals surface area contributed by atoms with Crippen LogP contribution in [0.3, 0.4) is 0 Å². The summed E-state index contributed by atoms with van der Waals surface area (Å²) in [6.45, 7) is 2.14. The Bertz CT molecular complexity index is 1150. The first-order valence-electron chi connectivity index (χ1n) is 9.11. The minimum Gasteiger partial charge on any atom is -0.383 e. The molecule has 2 aromatic carbocycles. The molecule has 3 aromatic rings. The van der Waals surface area contributed by atoms with Gasteiger partial charge in [0.05, 0.1) is 29.8 Å². The molecule has 0 aliphatic heterocycles. The van der Waals surface area contributed by atoms with Gasteiger partial charge in [-0.15, -0.1) is 0 Å². The Kier molecular flexibility index (Phi) is 7.25. The van der Waals surface area contributed by atoms with Crippen LogP contribution in [0.5, 0.6) is 0 Å². The zero-order valence-corrected chi connectivity index (χ0v) is 18.0. The summed E-state index contributed by atoms with van der Waals surface area (Å²) in [5.41, 5.74) is 1.42. The number of hydrogen-bond acceptors (Lipinski definition) is 6. The molecule has 0 saturated carbocycles. The molecule has 30 heavy (non-hydrogen) atoms. The number of anilines is 1. The van der Waals surface area contributed by atoms with Crippen LogP contribution in [0.4, 0.5) is 5.69 Å². The van der Waals surface area contributed by atoms with Crippen LogP contribution in [-0.4, -0.2) is 40.7 Å². The zero-order valence-electron chi connectivity index (χ0n) is 16.5. The lowest BCUT2D eigenvalue weighted by molar-refractivity contribution is -0.113. The van der Waals surface area contributed by atoms with Crippen LogP contribution < -0.4 is 10.9 Å². The summed E-state index contributed by atoms with van der Waals surface area (Å²) in [6, 6.07) is 11.6. The van der Waals surface area contributed by atoms with Crippen LogP contribution in [0.1, 0.15) is 17.3 Å². The van der Waals surface area contributed by atoms with Gasteiger partial charge in [-0.05, 0) is 49.4 Å². The van der Waals surface area contributed by atoms with E-state index in [-0.39, 0.29) is 23.0 Å². The van der Waals surface area contributed by atoms with Crippen molar-refractivity contribution < 1.29 is 14.3 Å². The number of carbonyl (C=O) groups excluding carboxylic acids is 2. The molecule has 0 atom stereocenters. The molecular formula is C21H20ClN3O4S. The summed E-state index contributed by atoms with van der Waals surface area (Å²) in [5, 5.41) is 4.11. The van der Waals surface area contributed by atoms with Gasteiger partial charge in [0.25, 0.3) is 5.56 Å². The summed E-state index contributed by atoms with van der Waals surface area (Å²) in [5.74, 6) is -0.241. The van der Waals surface area contributed by atoms with Gasteiger partial charge in [-0.3, -0.25) is 19.0 Å². The van der Waals surface area contributed by atoms with Crippen molar-refractivity contribution in [2.45, 2.75) is 18.6 Å². The van der Waals surface area contributed by atoms with E-state index in [1.165, 1.54) is 11.5 Å². The molecule has 0 radical (unpaired) electrons. The lowest BCUT2D eigenvalue weighted by Gasteiger charge is -2.13. The first-order chi connectivity index (χ1) is 14.4. The van der Waals surface area contributed by atoms with Crippen molar-refractivity contribution in [3.63, 3.8) is 0 Å². The van der Waals surface area contributed by atoms with Gasteiger partial charge >= 0.3 is 0 Å². The van der Waals surface area contributed by atoms with E-state index in [0.29, 0.717) is 45.5 Å². The van der Waals surface area contributed by atoms with Crippen LogP contribution in [0.25, 0.3) is 10.9 Å². The highest BCUT2D eigenvalue weighted by molar-refractivity contribution is 7.99. The van der Waals surface area contributed by atoms with Crippen molar-refractivity contribution in [1.29, 1.82) is 0 Å². The summed E-state index contributed by atoms with van der Waals surface area (Å²) in [7, 11) is 1.55. The molecule has 0 aliphatic rings. The number of thioether (sulfide) groups is 1. The minimum absolute atomic E-state index is 0.0417. The Morgan fingerprint density at radius 1 is 1.20 bits per heavy atom. The Hall–Kier alpha value is -2.68. The fraction of sp³-hybridized carbons (Fsp3) is 0.238. The highest BCUT2D eigenvalue weighted by Gasteiger charge is 2.14. The summed E-state index contributed by atoms with van der Waals surface area (Å²) in [6.07, 6.45) is 0. The van der Waals surface area contributed by atoms with Crippen LogP contribution in [0.2, 0.25) is 5.02 Å². The molecule has 1 N–H and O–H groups in total. The summed E-state index contributed by atoms with van der Waals surface area (Å²) >= 11 is 7.19. The normalized spacial score (nSPS) is 10.9. The number of nitrogens with zero attached hydrogens (tertiary/aromatic N) is 2. The molecule has 7 nitrogen and oxygen atoms in total. The van der Waals surface area contributed by atoms with Gasteiger partial charge in [0.1, 0.15) is 0 Å². The van der Waals surface area contributed by atoms with Gasteiger partial charge in [-0.2, -0.15) is 0 Å². The van der Waals surface area contributed by atoms with E-state index in [0.717, 1.165) is 11.8 Å². The molecular weight excluding hydrogens is 426 g/mol. The third kappa shape index (κ3) is 5.27. The van der Waals surface area contributed by atoms with Gasteiger partial charge < -0.3 is 10.1 Å². The molecule has 1 heterocycles. The van der Waals surface area contributed by atoms with Crippen molar-refractivity contribution in [3.8, 4) is 0 Å². The van der Waals surface area contributed by atoms with E-state index in [1.54, 1.807) is 49.6 Å². The molecule has 156 valence electrons. The fourth-order valence-electron chi connectivity index (χ4n) is 2.78. The average Bonchev–Trinajstić information content (AvgIpc) is 2.72. The lowest BCUT2D eigenvalue weighted by Crippen LogP contribution is -2.26. The Morgan fingerprint density at radius 2 is 1.93 bits per heavy atom. The molecule has 9 heteroatoms. The number of ether oxygens (including phenoxy) is 1. The number of rotatable bonds is 8. The highest BCUT2D eigenvalue weighted by atomic mass is 35.5. The molecule has 0 bridgehead atoms. The predicted molar refractivity (Wildman–Crippen MR) is 119 cm³/mol. The number of ketones is 1. The topological polar surface area (TPSA) is 90.3 Å². The second-order valence-electron chi connectivity index (χ2n) is 6.48. The monoisotopic (exact) mass is 445 g/mol. The Balaban J connectivity index is 1.78. The molecule has 0 unspecified atom stereocenters. The second kappa shape index (κ2) is 9.88. The number of halogens is 1. The first kappa shape index (κ1) is 22.0. The Labute approximate surface area is 182 Å². The zero-order chi connectivity index (χ0) is 21.7. The van der Waals surface area contributed by atoms with Crippen LogP contribution in [0.15, 0.2) is 52.4 Å². The van der Waals surface area contributed by atoms with E-state index < -0.39 is 0 Å². The van der Waals surface area contributed by atoms with Gasteiger partial charge in [0.2, 0.25) is 5.91 Å².